The molecule has 0 N–H and O–H groups in total. The predicted octanol–water partition coefficient (Wildman–Crippen LogP) is 3.02. The van der Waals surface area contributed by atoms with Crippen LogP contribution in [0.5, 0.6) is 5.75 Å². The van der Waals surface area contributed by atoms with Crippen molar-refractivity contribution < 1.29 is 14.5 Å². The van der Waals surface area contributed by atoms with Gasteiger partial charge in [-0.15, -0.1) is 10.2 Å². The summed E-state index contributed by atoms with van der Waals surface area (Å²) in [6.07, 6.45) is 0. The summed E-state index contributed by atoms with van der Waals surface area (Å²) in [7, 11) is 1.62. The number of carbonyl (C=O) groups is 1. The Bertz CT molecular complexity index is 1100. The predicted molar refractivity (Wildman–Crippen MR) is 115 cm³/mol. The van der Waals surface area contributed by atoms with Gasteiger partial charge in [-0.3, -0.25) is 14.9 Å². The number of anilines is 1. The van der Waals surface area contributed by atoms with E-state index in [0.717, 1.165) is 17.1 Å². The van der Waals surface area contributed by atoms with Crippen LogP contribution in [0.25, 0.3) is 11.3 Å². The minimum atomic E-state index is -0.525. The van der Waals surface area contributed by atoms with Crippen molar-refractivity contribution in [2.24, 2.45) is 0 Å². The molecule has 2 aromatic carbocycles. The average molecular weight is 419 g/mol. The van der Waals surface area contributed by atoms with Crippen molar-refractivity contribution in [2.45, 2.75) is 0 Å². The van der Waals surface area contributed by atoms with Crippen molar-refractivity contribution in [3.8, 4) is 17.0 Å². The molecule has 9 heteroatoms. The van der Waals surface area contributed by atoms with E-state index < -0.39 is 4.92 Å². The number of aromatic nitrogens is 2. The molecule has 31 heavy (non-hydrogen) atoms. The van der Waals surface area contributed by atoms with E-state index in [1.54, 1.807) is 24.1 Å². The molecular weight excluding hydrogens is 398 g/mol. The lowest BCUT2D eigenvalue weighted by Crippen LogP contribution is -2.49. The molecule has 158 valence electrons. The first kappa shape index (κ1) is 20.3. The highest BCUT2D eigenvalue weighted by Crippen LogP contribution is 2.28. The van der Waals surface area contributed by atoms with E-state index >= 15 is 0 Å². The minimum absolute atomic E-state index is 0.113. The number of methoxy groups -OCH3 is 1. The van der Waals surface area contributed by atoms with Crippen molar-refractivity contribution in [3.05, 3.63) is 76.3 Å². The highest BCUT2D eigenvalue weighted by molar-refractivity contribution is 5.98. The van der Waals surface area contributed by atoms with Crippen LogP contribution in [0.1, 0.15) is 10.4 Å². The van der Waals surface area contributed by atoms with Crippen LogP contribution < -0.4 is 9.64 Å². The third-order valence-corrected chi connectivity index (χ3v) is 5.26. The van der Waals surface area contributed by atoms with Crippen LogP contribution in [-0.2, 0) is 0 Å². The number of amides is 1. The number of piperazine rings is 1. The molecule has 2 heterocycles. The monoisotopic (exact) mass is 419 g/mol. The number of hydrogen-bond acceptors (Lipinski definition) is 7. The number of nitro groups is 1. The van der Waals surface area contributed by atoms with Gasteiger partial charge >= 0.3 is 0 Å². The minimum Gasteiger partial charge on any atom is -0.496 e. The Morgan fingerprint density at radius 2 is 1.68 bits per heavy atom. The van der Waals surface area contributed by atoms with Crippen LogP contribution >= 0.6 is 0 Å². The molecule has 0 radical (unpaired) electrons. The molecule has 9 nitrogen and oxygen atoms in total. The van der Waals surface area contributed by atoms with Crippen molar-refractivity contribution >= 4 is 17.4 Å². The fourth-order valence-electron chi connectivity index (χ4n) is 3.62. The molecule has 1 aliphatic rings. The number of para-hydroxylation sites is 2. The standard InChI is InChI=1S/C22H21N5O4/c1-31-20-9-5-3-6-16(20)18-10-11-21(24-23-18)25-12-14-26(15-13-25)22(28)17-7-2-4-8-19(17)27(29)30/h2-11H,12-15H2,1H3. The highest BCUT2D eigenvalue weighted by atomic mass is 16.6. The first-order chi connectivity index (χ1) is 15.1. The average Bonchev–Trinajstić information content (AvgIpc) is 2.83. The van der Waals surface area contributed by atoms with Crippen molar-refractivity contribution in [2.75, 3.05) is 38.2 Å². The molecule has 0 aliphatic carbocycles. The Balaban J connectivity index is 1.43. The maximum atomic E-state index is 12.8. The lowest BCUT2D eigenvalue weighted by Gasteiger charge is -2.35. The van der Waals surface area contributed by atoms with Crippen LogP contribution in [0.4, 0.5) is 11.5 Å². The van der Waals surface area contributed by atoms with Gasteiger partial charge in [0, 0.05) is 37.8 Å². The number of nitrogens with zero attached hydrogens (tertiary/aromatic N) is 5. The SMILES string of the molecule is COc1ccccc1-c1ccc(N2CCN(C(=O)c3ccccc3[N+](=O)[O-])CC2)nn1. The van der Waals surface area contributed by atoms with E-state index in [4.69, 9.17) is 4.74 Å². The van der Waals surface area contributed by atoms with Gasteiger partial charge in [-0.2, -0.15) is 0 Å². The summed E-state index contributed by atoms with van der Waals surface area (Å²) in [5.74, 6) is 1.12. The summed E-state index contributed by atoms with van der Waals surface area (Å²) in [6.45, 7) is 2.02. The number of hydrogen-bond donors (Lipinski definition) is 0. The van der Waals surface area contributed by atoms with Crippen LogP contribution in [0.2, 0.25) is 0 Å². The number of benzene rings is 2. The quantitative estimate of drug-likeness (QED) is 0.463. The van der Waals surface area contributed by atoms with E-state index in [9.17, 15) is 14.9 Å². The maximum absolute atomic E-state index is 12.8. The fraction of sp³-hybridized carbons (Fsp3) is 0.227. The van der Waals surface area contributed by atoms with Crippen LogP contribution in [0, 0.1) is 10.1 Å². The summed E-state index contributed by atoms with van der Waals surface area (Å²) in [6, 6.07) is 17.4. The molecule has 0 atom stereocenters. The van der Waals surface area contributed by atoms with Gasteiger partial charge < -0.3 is 14.5 Å². The molecule has 1 aliphatic heterocycles. The maximum Gasteiger partial charge on any atom is 0.282 e. The summed E-state index contributed by atoms with van der Waals surface area (Å²) >= 11 is 0. The van der Waals surface area contributed by atoms with Crippen molar-refractivity contribution in [1.29, 1.82) is 0 Å². The topological polar surface area (TPSA) is 102 Å². The Morgan fingerprint density at radius 3 is 2.35 bits per heavy atom. The zero-order valence-corrected chi connectivity index (χ0v) is 17.0. The number of ether oxygens (including phenoxy) is 1. The Labute approximate surface area is 179 Å². The molecule has 3 aromatic rings. The van der Waals surface area contributed by atoms with Crippen LogP contribution in [0.3, 0.4) is 0 Å². The number of nitro benzene ring substituents is 1. The zero-order chi connectivity index (χ0) is 21.8. The van der Waals surface area contributed by atoms with E-state index in [0.29, 0.717) is 31.9 Å². The summed E-state index contributed by atoms with van der Waals surface area (Å²) < 4.78 is 5.38. The lowest BCUT2D eigenvalue weighted by molar-refractivity contribution is -0.385. The molecule has 0 saturated carbocycles. The first-order valence-corrected chi connectivity index (χ1v) is 9.83. The fourth-order valence-corrected chi connectivity index (χ4v) is 3.62. The molecule has 1 saturated heterocycles. The van der Waals surface area contributed by atoms with Gasteiger partial charge in [-0.25, -0.2) is 0 Å². The normalized spacial score (nSPS) is 13.7. The Morgan fingerprint density at radius 1 is 0.968 bits per heavy atom. The van der Waals surface area contributed by atoms with E-state index in [-0.39, 0.29) is 17.2 Å². The molecule has 0 bridgehead atoms. The first-order valence-electron chi connectivity index (χ1n) is 9.83. The lowest BCUT2D eigenvalue weighted by atomic mass is 10.1. The number of carbonyl (C=O) groups excluding carboxylic acids is 1. The Kier molecular flexibility index (Phi) is 5.74. The smallest absolute Gasteiger partial charge is 0.282 e. The van der Waals surface area contributed by atoms with Crippen LogP contribution in [0.15, 0.2) is 60.7 Å². The van der Waals surface area contributed by atoms with Gasteiger partial charge in [-0.05, 0) is 30.3 Å². The van der Waals surface area contributed by atoms with Gasteiger partial charge in [-0.1, -0.05) is 24.3 Å². The van der Waals surface area contributed by atoms with E-state index in [1.807, 2.05) is 41.3 Å². The van der Waals surface area contributed by atoms with Crippen LogP contribution in [-0.4, -0.2) is 59.2 Å². The van der Waals surface area contributed by atoms with E-state index in [1.165, 1.54) is 12.1 Å². The highest BCUT2D eigenvalue weighted by Gasteiger charge is 2.27. The molecule has 1 amide bonds. The number of rotatable bonds is 5. The summed E-state index contributed by atoms with van der Waals surface area (Å²) in [4.78, 5) is 27.2. The second-order valence-electron chi connectivity index (χ2n) is 7.03. The second-order valence-corrected chi connectivity index (χ2v) is 7.03. The molecule has 0 spiro atoms. The van der Waals surface area contributed by atoms with Gasteiger partial charge in [0.2, 0.25) is 0 Å². The molecular formula is C22H21N5O4. The molecule has 1 aromatic heterocycles. The van der Waals surface area contributed by atoms with Gasteiger partial charge in [0.05, 0.1) is 17.7 Å². The third-order valence-electron chi connectivity index (χ3n) is 5.26. The molecule has 0 unspecified atom stereocenters. The largest absolute Gasteiger partial charge is 0.496 e. The molecule has 1 fully saturated rings. The van der Waals surface area contributed by atoms with Gasteiger partial charge in [0.25, 0.3) is 11.6 Å². The third kappa shape index (κ3) is 4.16. The van der Waals surface area contributed by atoms with Crippen molar-refractivity contribution in [1.82, 2.24) is 15.1 Å². The summed E-state index contributed by atoms with van der Waals surface area (Å²) in [5, 5.41) is 19.9. The zero-order valence-electron chi connectivity index (χ0n) is 17.0. The van der Waals surface area contributed by atoms with E-state index in [2.05, 4.69) is 10.2 Å². The van der Waals surface area contributed by atoms with Gasteiger partial charge in [0.15, 0.2) is 5.82 Å². The van der Waals surface area contributed by atoms with Crippen molar-refractivity contribution in [3.63, 3.8) is 0 Å². The van der Waals surface area contributed by atoms with Gasteiger partial charge in [0.1, 0.15) is 11.3 Å². The summed E-state index contributed by atoms with van der Waals surface area (Å²) in [5.41, 5.74) is 1.52. The molecule has 4 rings (SSSR count). The Hall–Kier alpha value is -4.01. The second kappa shape index (κ2) is 8.78.